The Balaban J connectivity index is 2.51. The Morgan fingerprint density at radius 2 is 1.70 bits per heavy atom. The molecule has 1 saturated heterocycles. The first-order chi connectivity index (χ1) is 23.2. The second-order valence-electron chi connectivity index (χ2n) is 14.8. The number of carbonyl (C=O) groups is 3. The fourth-order valence-electron chi connectivity index (χ4n) is 7.02. The molecule has 12 atom stereocenters. The summed E-state index contributed by atoms with van der Waals surface area (Å²) in [5.41, 5.74) is 2.14. The van der Waals surface area contributed by atoms with E-state index in [-0.39, 0.29) is 30.1 Å². The van der Waals surface area contributed by atoms with Gasteiger partial charge in [0, 0.05) is 54.9 Å². The van der Waals surface area contributed by atoms with E-state index in [1.165, 1.54) is 7.11 Å². The first-order valence-electron chi connectivity index (χ1n) is 17.5. The smallest absolute Gasteiger partial charge is 0.334 e. The Morgan fingerprint density at radius 3 is 2.28 bits per heavy atom. The molecule has 0 spiro atoms. The highest BCUT2D eigenvalue weighted by molar-refractivity contribution is 5.90. The van der Waals surface area contributed by atoms with Crippen molar-refractivity contribution < 1.29 is 53.8 Å². The molecule has 1 fully saturated rings. The van der Waals surface area contributed by atoms with Crippen LogP contribution >= 0.6 is 0 Å². The van der Waals surface area contributed by atoms with Crippen LogP contribution in [0.3, 0.4) is 0 Å². The molecule has 0 amide bonds. The highest BCUT2D eigenvalue weighted by Gasteiger charge is 2.53. The zero-order chi connectivity index (χ0) is 38.1. The third-order valence-corrected chi connectivity index (χ3v) is 10.1. The van der Waals surface area contributed by atoms with E-state index < -0.39 is 72.2 Å². The minimum Gasteiger partial charge on any atom is -0.478 e. The monoisotopic (exact) mass is 704 g/mol. The number of carboxylic acid groups (broad SMARTS) is 1. The minimum absolute atomic E-state index is 0.0142. The van der Waals surface area contributed by atoms with Gasteiger partial charge in [0.25, 0.3) is 0 Å². The first-order valence-corrected chi connectivity index (χ1v) is 17.5. The summed E-state index contributed by atoms with van der Waals surface area (Å²) in [5.74, 6) is -7.15. The number of hydrogen-bond acceptors (Lipinski definition) is 10. The van der Waals surface area contributed by atoms with Crippen LogP contribution < -0.4 is 0 Å². The Bertz CT molecular complexity index is 1330. The van der Waals surface area contributed by atoms with Crippen molar-refractivity contribution in [3.8, 4) is 0 Å². The topological polar surface area (TPSA) is 169 Å². The Labute approximate surface area is 297 Å². The van der Waals surface area contributed by atoms with E-state index >= 15 is 0 Å². The van der Waals surface area contributed by atoms with Crippen LogP contribution in [0.1, 0.15) is 82.1 Å². The van der Waals surface area contributed by atoms with Crippen LogP contribution in [0.4, 0.5) is 0 Å². The maximum absolute atomic E-state index is 13.5. The molecule has 2 heterocycles. The number of methoxy groups -OCH3 is 1. The van der Waals surface area contributed by atoms with Crippen molar-refractivity contribution in [1.82, 2.24) is 0 Å². The molecule has 0 saturated carbocycles. The number of allylic oxidation sites excluding steroid dienone is 5. The molecular weight excluding hydrogens is 644 g/mol. The number of cyclic esters (lactones) is 1. The van der Waals surface area contributed by atoms with Gasteiger partial charge in [0.05, 0.1) is 18.3 Å². The van der Waals surface area contributed by atoms with Gasteiger partial charge in [0.2, 0.25) is 0 Å². The predicted molar refractivity (Wildman–Crippen MR) is 189 cm³/mol. The van der Waals surface area contributed by atoms with E-state index in [0.29, 0.717) is 18.1 Å². The lowest BCUT2D eigenvalue weighted by molar-refractivity contribution is -0.329. The first kappa shape index (κ1) is 43.1. The molecule has 11 heteroatoms. The van der Waals surface area contributed by atoms with Gasteiger partial charge in [-0.05, 0) is 45.1 Å². The van der Waals surface area contributed by atoms with Gasteiger partial charge in [-0.2, -0.15) is 0 Å². The lowest BCUT2D eigenvalue weighted by Crippen LogP contribution is -2.59. The normalized spacial score (nSPS) is 37.7. The van der Waals surface area contributed by atoms with E-state index in [2.05, 4.69) is 0 Å². The molecule has 282 valence electrons. The molecule has 2 rings (SSSR count). The van der Waals surface area contributed by atoms with Gasteiger partial charge < -0.3 is 39.4 Å². The van der Waals surface area contributed by atoms with Gasteiger partial charge in [-0.25, -0.2) is 14.4 Å². The van der Waals surface area contributed by atoms with E-state index in [1.54, 1.807) is 39.0 Å². The van der Waals surface area contributed by atoms with E-state index in [0.717, 1.165) is 17.2 Å². The molecule has 2 aliphatic heterocycles. The molecule has 11 nitrogen and oxygen atoms in total. The van der Waals surface area contributed by atoms with Gasteiger partial charge in [-0.1, -0.05) is 83.9 Å². The molecule has 0 aromatic heterocycles. The van der Waals surface area contributed by atoms with E-state index in [4.69, 9.17) is 24.1 Å². The van der Waals surface area contributed by atoms with Gasteiger partial charge in [-0.3, -0.25) is 0 Å². The van der Waals surface area contributed by atoms with Gasteiger partial charge in [0.15, 0.2) is 5.79 Å². The van der Waals surface area contributed by atoms with Crippen LogP contribution in [0.5, 0.6) is 0 Å². The highest BCUT2D eigenvalue weighted by Crippen LogP contribution is 2.42. The van der Waals surface area contributed by atoms with Crippen molar-refractivity contribution in [2.75, 3.05) is 7.11 Å². The van der Waals surface area contributed by atoms with Crippen molar-refractivity contribution in [2.24, 2.45) is 35.5 Å². The minimum atomic E-state index is -1.97. The number of rotatable bonds is 9. The summed E-state index contributed by atoms with van der Waals surface area (Å²) in [6.07, 6.45) is 5.98. The fraction of sp³-hybridized carbons (Fsp3) is 0.667. The van der Waals surface area contributed by atoms with Crippen LogP contribution in [-0.2, 0) is 33.3 Å². The Morgan fingerprint density at radius 1 is 1.06 bits per heavy atom. The maximum atomic E-state index is 13.5. The Kier molecular flexibility index (Phi) is 16.3. The lowest BCUT2D eigenvalue weighted by atomic mass is 9.76. The van der Waals surface area contributed by atoms with Crippen LogP contribution in [0.15, 0.2) is 59.3 Å². The summed E-state index contributed by atoms with van der Waals surface area (Å²) in [6.45, 7) is 18.4. The summed E-state index contributed by atoms with van der Waals surface area (Å²) >= 11 is 0. The maximum Gasteiger partial charge on any atom is 0.334 e. The number of aliphatic hydroxyl groups is 3. The van der Waals surface area contributed by atoms with Gasteiger partial charge >= 0.3 is 17.9 Å². The van der Waals surface area contributed by atoms with Gasteiger partial charge in [0.1, 0.15) is 18.3 Å². The second kappa shape index (κ2) is 18.9. The SMILES string of the molecule is CO[C@@H]1/C=C/C=C(\C)C[C@H](C)[C@H](O)[C@H](C)/C=C(C)/C=C(\C)C(=O)O[C@@H]1[C@H](C)[C@@H](O)[C@H](C)[C@@]1(O)C[C@@H](OC(=O)/C=C/C(=O)O)[C@H](C)[C@@H](C(C)C)O1. The predicted octanol–water partition coefficient (Wildman–Crippen LogP) is 5.30. The molecule has 2 aliphatic rings. The second-order valence-corrected chi connectivity index (χ2v) is 14.8. The van der Waals surface area contributed by atoms with Crippen molar-refractivity contribution in [2.45, 2.75) is 124 Å². The molecule has 0 aromatic rings. The zero-order valence-corrected chi connectivity index (χ0v) is 31.5. The number of carbonyl (C=O) groups excluding carboxylic acids is 2. The number of carboxylic acids is 1. The largest absolute Gasteiger partial charge is 0.478 e. The van der Waals surface area contributed by atoms with Crippen LogP contribution in [0, 0.1) is 35.5 Å². The summed E-state index contributed by atoms with van der Waals surface area (Å²) in [4.78, 5) is 36.9. The average molecular weight is 705 g/mol. The summed E-state index contributed by atoms with van der Waals surface area (Å²) in [6, 6.07) is 0. The number of esters is 2. The Hall–Kier alpha value is -3.09. The number of hydrogen-bond donors (Lipinski definition) is 4. The van der Waals surface area contributed by atoms with Crippen LogP contribution in [0.25, 0.3) is 0 Å². The quantitative estimate of drug-likeness (QED) is 0.182. The molecule has 0 aliphatic carbocycles. The number of aliphatic hydroxyl groups excluding tert-OH is 2. The summed E-state index contributed by atoms with van der Waals surface area (Å²) in [7, 11) is 1.48. The van der Waals surface area contributed by atoms with Crippen molar-refractivity contribution >= 4 is 17.9 Å². The third-order valence-electron chi connectivity index (χ3n) is 10.1. The molecule has 0 radical (unpaired) electrons. The zero-order valence-electron chi connectivity index (χ0n) is 31.5. The molecule has 4 N–H and O–H groups in total. The standard InChI is InChI=1S/C39H60O11/c1-21(2)36-27(8)31(48-33(42)16-15-32(40)41)20-39(46,50-36)29(10)35(44)28(9)37-30(47-11)14-12-13-22(3)17-24(5)34(43)25(6)18-23(4)19-26(7)38(45)49-37/h12-16,18-19,21,24-25,27-31,34-37,43-44,46H,17,20H2,1-11H3,(H,40,41)/b14-12+,16-15+,22-13+,23-18+,26-19+/t24-,25+,27-,28+,29-,30+,31+,34-,35+,36+,37+,39+/m0/s1. The van der Waals surface area contributed by atoms with Gasteiger partial charge in [-0.15, -0.1) is 0 Å². The van der Waals surface area contributed by atoms with Crippen molar-refractivity contribution in [3.63, 3.8) is 0 Å². The molecule has 0 bridgehead atoms. The molecule has 50 heavy (non-hydrogen) atoms. The number of ether oxygens (including phenoxy) is 4. The average Bonchev–Trinajstić information content (AvgIpc) is 3.04. The molecule has 0 aromatic carbocycles. The summed E-state index contributed by atoms with van der Waals surface area (Å²) < 4.78 is 23.8. The molecule has 0 unspecified atom stereocenters. The summed E-state index contributed by atoms with van der Waals surface area (Å²) in [5, 5.41) is 43.7. The third kappa shape index (κ3) is 11.7. The van der Waals surface area contributed by atoms with Crippen LogP contribution in [0.2, 0.25) is 0 Å². The van der Waals surface area contributed by atoms with Crippen molar-refractivity contribution in [3.05, 3.63) is 59.3 Å². The molecular formula is C39H60O11. The van der Waals surface area contributed by atoms with Crippen LogP contribution in [-0.4, -0.2) is 87.9 Å². The fourth-order valence-corrected chi connectivity index (χ4v) is 7.02. The van der Waals surface area contributed by atoms with E-state index in [9.17, 15) is 29.7 Å². The highest BCUT2D eigenvalue weighted by atomic mass is 16.6. The lowest BCUT2D eigenvalue weighted by Gasteiger charge is -2.50. The van der Waals surface area contributed by atoms with E-state index in [1.807, 2.05) is 60.6 Å². The van der Waals surface area contributed by atoms with Crippen molar-refractivity contribution in [1.29, 1.82) is 0 Å². The number of aliphatic carboxylic acids is 1.